The second-order valence-corrected chi connectivity index (χ2v) is 11.2. The normalized spacial score (nSPS) is 13.3. The Morgan fingerprint density at radius 3 is 1.88 bits per heavy atom. The number of pyridine rings is 1. The summed E-state index contributed by atoms with van der Waals surface area (Å²) >= 11 is 4.04. The molecule has 6 aromatic carbocycles. The maximum absolute atomic E-state index is 4.69. The lowest BCUT2D eigenvalue weighted by atomic mass is 9.58. The van der Waals surface area contributed by atoms with Gasteiger partial charge in [-0.25, -0.2) is 0 Å². The van der Waals surface area contributed by atoms with Gasteiger partial charge in [-0.1, -0.05) is 121 Å². The minimum Gasteiger partial charge on any atom is -0.256 e. The smallest absolute Gasteiger partial charge is 0.0719 e. The first-order chi connectivity index (χ1) is 19.8. The molecule has 0 radical (unpaired) electrons. The van der Waals surface area contributed by atoms with E-state index in [0.717, 1.165) is 15.7 Å². The standard InChI is InChI=1S/C38H24BrN/c39-37-30-17-8-7-16-29(30)36-35-28(18-11-19-31(35)37)32-24-25(34-20-9-10-23-40-34)21-22-33(32)38(36,26-12-3-1-4-13-26)27-14-5-2-6-15-27/h1-24H. The van der Waals surface area contributed by atoms with Crippen LogP contribution in [0.25, 0.3) is 43.9 Å². The Kier molecular flexibility index (Phi) is 5.26. The topological polar surface area (TPSA) is 12.9 Å². The van der Waals surface area contributed by atoms with Crippen molar-refractivity contribution in [3.05, 3.63) is 172 Å². The van der Waals surface area contributed by atoms with Gasteiger partial charge in [0.15, 0.2) is 0 Å². The van der Waals surface area contributed by atoms with Crippen molar-refractivity contribution in [2.45, 2.75) is 5.41 Å². The number of nitrogens with zero attached hydrogens (tertiary/aromatic N) is 1. The number of halogens is 1. The summed E-state index contributed by atoms with van der Waals surface area (Å²) in [5, 5.41) is 5.02. The molecule has 0 unspecified atom stereocenters. The third-order valence-electron chi connectivity index (χ3n) is 8.45. The van der Waals surface area contributed by atoms with E-state index in [0.29, 0.717) is 0 Å². The lowest BCUT2D eigenvalue weighted by molar-refractivity contribution is 0.757. The molecule has 0 N–H and O–H groups in total. The monoisotopic (exact) mass is 573 g/mol. The van der Waals surface area contributed by atoms with Gasteiger partial charge in [-0.05, 0) is 89.1 Å². The highest BCUT2D eigenvalue weighted by Crippen LogP contribution is 2.58. The molecular formula is C38H24BrN. The second-order valence-electron chi connectivity index (χ2n) is 10.4. The van der Waals surface area contributed by atoms with Crippen LogP contribution < -0.4 is 0 Å². The summed E-state index contributed by atoms with van der Waals surface area (Å²) in [6, 6.07) is 50.7. The van der Waals surface area contributed by atoms with Gasteiger partial charge in [-0.3, -0.25) is 4.98 Å². The Morgan fingerprint density at radius 2 is 1.18 bits per heavy atom. The number of hydrogen-bond donors (Lipinski definition) is 0. The molecule has 0 bridgehead atoms. The van der Waals surface area contributed by atoms with Gasteiger partial charge < -0.3 is 0 Å². The van der Waals surface area contributed by atoms with Crippen molar-refractivity contribution in [3.63, 3.8) is 0 Å². The molecule has 40 heavy (non-hydrogen) atoms. The predicted octanol–water partition coefficient (Wildman–Crippen LogP) is 10.2. The molecule has 2 heteroatoms. The third-order valence-corrected chi connectivity index (χ3v) is 9.30. The SMILES string of the molecule is Brc1c2ccccc2c2c3c(cccc13)-c1cc(-c3ccccn3)ccc1C2(c1ccccc1)c1ccccc1. The van der Waals surface area contributed by atoms with Gasteiger partial charge in [0.05, 0.1) is 11.1 Å². The van der Waals surface area contributed by atoms with E-state index in [4.69, 9.17) is 4.98 Å². The Labute approximate surface area is 241 Å². The Balaban J connectivity index is 1.65. The minimum absolute atomic E-state index is 0.520. The number of rotatable bonds is 3. The molecule has 1 aliphatic rings. The van der Waals surface area contributed by atoms with Crippen LogP contribution >= 0.6 is 15.9 Å². The first kappa shape index (κ1) is 23.4. The van der Waals surface area contributed by atoms with Crippen LogP contribution in [0.5, 0.6) is 0 Å². The molecule has 188 valence electrons. The molecule has 1 aromatic heterocycles. The van der Waals surface area contributed by atoms with Crippen molar-refractivity contribution >= 4 is 37.5 Å². The fraction of sp³-hybridized carbons (Fsp3) is 0.0263. The van der Waals surface area contributed by atoms with Crippen LogP contribution in [-0.4, -0.2) is 4.98 Å². The van der Waals surface area contributed by atoms with E-state index < -0.39 is 5.41 Å². The van der Waals surface area contributed by atoms with E-state index in [2.05, 4.69) is 149 Å². The number of hydrogen-bond acceptors (Lipinski definition) is 1. The van der Waals surface area contributed by atoms with Crippen molar-refractivity contribution < 1.29 is 0 Å². The maximum Gasteiger partial charge on any atom is 0.0719 e. The molecule has 8 rings (SSSR count). The molecule has 0 saturated heterocycles. The average Bonchev–Trinajstić information content (AvgIpc) is 3.04. The summed E-state index contributed by atoms with van der Waals surface area (Å²) in [4.78, 5) is 4.69. The fourth-order valence-corrected chi connectivity index (χ4v) is 7.53. The van der Waals surface area contributed by atoms with Gasteiger partial charge in [-0.2, -0.15) is 0 Å². The molecule has 1 heterocycles. The minimum atomic E-state index is -0.520. The molecule has 0 saturated carbocycles. The van der Waals surface area contributed by atoms with Gasteiger partial charge in [0.1, 0.15) is 0 Å². The van der Waals surface area contributed by atoms with Gasteiger partial charge in [0, 0.05) is 16.2 Å². The highest BCUT2D eigenvalue weighted by atomic mass is 79.9. The molecule has 0 fully saturated rings. The van der Waals surface area contributed by atoms with Gasteiger partial charge in [0.2, 0.25) is 0 Å². The molecular weight excluding hydrogens is 550 g/mol. The van der Waals surface area contributed by atoms with Gasteiger partial charge >= 0.3 is 0 Å². The van der Waals surface area contributed by atoms with Crippen molar-refractivity contribution in [1.29, 1.82) is 0 Å². The van der Waals surface area contributed by atoms with Crippen LogP contribution in [0.15, 0.2) is 150 Å². The summed E-state index contributed by atoms with van der Waals surface area (Å²) in [5.41, 5.74) is 9.23. The van der Waals surface area contributed by atoms with E-state index in [1.54, 1.807) is 0 Å². The second kappa shape index (κ2) is 9.01. The van der Waals surface area contributed by atoms with Crippen molar-refractivity contribution in [2.75, 3.05) is 0 Å². The van der Waals surface area contributed by atoms with Crippen molar-refractivity contribution in [2.24, 2.45) is 0 Å². The lowest BCUT2D eigenvalue weighted by Crippen LogP contribution is -2.34. The molecule has 0 amide bonds. The number of fused-ring (bicyclic) bond motifs is 4. The van der Waals surface area contributed by atoms with Crippen LogP contribution in [0.4, 0.5) is 0 Å². The van der Waals surface area contributed by atoms with Crippen LogP contribution in [0.2, 0.25) is 0 Å². The molecule has 1 nitrogen and oxygen atoms in total. The van der Waals surface area contributed by atoms with Gasteiger partial charge in [0.25, 0.3) is 0 Å². The van der Waals surface area contributed by atoms with Crippen LogP contribution in [-0.2, 0) is 5.41 Å². The number of benzene rings is 6. The van der Waals surface area contributed by atoms with E-state index in [1.807, 2.05) is 12.3 Å². The largest absolute Gasteiger partial charge is 0.256 e. The van der Waals surface area contributed by atoms with Crippen molar-refractivity contribution in [1.82, 2.24) is 4.98 Å². The lowest BCUT2D eigenvalue weighted by Gasteiger charge is -2.43. The molecule has 1 aliphatic carbocycles. The van der Waals surface area contributed by atoms with Crippen LogP contribution in [0, 0.1) is 0 Å². The highest BCUT2D eigenvalue weighted by Gasteiger charge is 2.45. The maximum atomic E-state index is 4.69. The average molecular weight is 575 g/mol. The number of aromatic nitrogens is 1. The Hall–Kier alpha value is -4.53. The summed E-state index contributed by atoms with van der Waals surface area (Å²) in [6.45, 7) is 0. The first-order valence-corrected chi connectivity index (χ1v) is 14.4. The molecule has 0 aliphatic heterocycles. The summed E-state index contributed by atoms with van der Waals surface area (Å²) in [5.74, 6) is 0. The molecule has 0 spiro atoms. The van der Waals surface area contributed by atoms with Crippen LogP contribution in [0.1, 0.15) is 22.3 Å². The van der Waals surface area contributed by atoms with E-state index >= 15 is 0 Å². The predicted molar refractivity (Wildman–Crippen MR) is 170 cm³/mol. The van der Waals surface area contributed by atoms with Gasteiger partial charge in [-0.15, -0.1) is 0 Å². The third kappa shape index (κ3) is 3.17. The quantitative estimate of drug-likeness (QED) is 0.191. The zero-order valence-electron chi connectivity index (χ0n) is 21.7. The summed E-state index contributed by atoms with van der Waals surface area (Å²) < 4.78 is 1.14. The summed E-state index contributed by atoms with van der Waals surface area (Å²) in [7, 11) is 0. The highest BCUT2D eigenvalue weighted by molar-refractivity contribution is 9.10. The Morgan fingerprint density at radius 1 is 0.525 bits per heavy atom. The van der Waals surface area contributed by atoms with Crippen molar-refractivity contribution in [3.8, 4) is 22.4 Å². The first-order valence-electron chi connectivity index (χ1n) is 13.6. The molecule has 7 aromatic rings. The van der Waals surface area contributed by atoms with E-state index in [1.165, 1.54) is 54.9 Å². The van der Waals surface area contributed by atoms with E-state index in [9.17, 15) is 0 Å². The zero-order chi connectivity index (χ0) is 26.7. The summed E-state index contributed by atoms with van der Waals surface area (Å²) in [6.07, 6.45) is 1.87. The Bertz CT molecular complexity index is 2010. The fourth-order valence-electron chi connectivity index (χ4n) is 6.86. The van der Waals surface area contributed by atoms with Crippen LogP contribution in [0.3, 0.4) is 0 Å². The molecule has 0 atom stereocenters. The van der Waals surface area contributed by atoms with E-state index in [-0.39, 0.29) is 0 Å². The zero-order valence-corrected chi connectivity index (χ0v) is 23.3.